The molecule has 0 bridgehead atoms. The highest BCUT2D eigenvalue weighted by molar-refractivity contribution is 6.07. The Morgan fingerprint density at radius 1 is 1.29 bits per heavy atom. The van der Waals surface area contributed by atoms with Gasteiger partial charge in [0, 0.05) is 31.9 Å². The predicted molar refractivity (Wildman–Crippen MR) is 76.7 cm³/mol. The molecule has 114 valence electrons. The average Bonchev–Trinajstić information content (AvgIpc) is 3.03. The fraction of sp³-hybridized carbons (Fsp3) is 0.643. The number of urea groups is 1. The fourth-order valence-corrected chi connectivity index (χ4v) is 3.14. The molecule has 0 aromatic carbocycles. The van der Waals surface area contributed by atoms with Crippen LogP contribution in [0.2, 0.25) is 0 Å². The van der Waals surface area contributed by atoms with Crippen molar-refractivity contribution < 1.29 is 9.59 Å². The van der Waals surface area contributed by atoms with E-state index in [1.54, 1.807) is 6.20 Å². The maximum Gasteiger partial charge on any atom is 0.325 e. The summed E-state index contributed by atoms with van der Waals surface area (Å²) in [6, 6.07) is -0.264. The molecule has 0 saturated carbocycles. The Kier molecular flexibility index (Phi) is 3.67. The van der Waals surface area contributed by atoms with Crippen LogP contribution < -0.4 is 10.6 Å². The van der Waals surface area contributed by atoms with Gasteiger partial charge in [-0.3, -0.25) is 9.69 Å². The highest BCUT2D eigenvalue weighted by Crippen LogP contribution is 2.26. The molecule has 1 aromatic heterocycles. The minimum absolute atomic E-state index is 0.0767. The van der Waals surface area contributed by atoms with E-state index in [1.807, 2.05) is 17.7 Å². The summed E-state index contributed by atoms with van der Waals surface area (Å²) < 4.78 is 1.99. The van der Waals surface area contributed by atoms with Crippen molar-refractivity contribution in [3.05, 3.63) is 18.2 Å². The van der Waals surface area contributed by atoms with Gasteiger partial charge in [0.25, 0.3) is 5.91 Å². The van der Waals surface area contributed by atoms with Crippen molar-refractivity contribution in [2.75, 3.05) is 19.6 Å². The topological polar surface area (TPSA) is 79.3 Å². The summed E-state index contributed by atoms with van der Waals surface area (Å²) in [5.41, 5.74) is -0.676. The number of imide groups is 1. The first-order valence-corrected chi connectivity index (χ1v) is 7.51. The summed E-state index contributed by atoms with van der Waals surface area (Å²) in [6.07, 6.45) is 5.80. The second-order valence-electron chi connectivity index (χ2n) is 5.61. The van der Waals surface area contributed by atoms with E-state index in [-0.39, 0.29) is 11.9 Å². The molecule has 2 aliphatic heterocycles. The molecule has 0 radical (unpaired) electrons. The molecular formula is C14H21N5O2. The molecule has 0 aliphatic carbocycles. The largest absolute Gasteiger partial charge is 0.333 e. The summed E-state index contributed by atoms with van der Waals surface area (Å²) in [5, 5.41) is 6.12. The van der Waals surface area contributed by atoms with Crippen LogP contribution >= 0.6 is 0 Å². The van der Waals surface area contributed by atoms with Crippen LogP contribution in [0.3, 0.4) is 0 Å². The molecule has 2 saturated heterocycles. The molecule has 7 nitrogen and oxygen atoms in total. The number of rotatable bonds is 4. The van der Waals surface area contributed by atoms with Gasteiger partial charge in [-0.2, -0.15) is 0 Å². The molecule has 2 aliphatic rings. The van der Waals surface area contributed by atoms with Crippen molar-refractivity contribution in [2.24, 2.45) is 0 Å². The van der Waals surface area contributed by atoms with E-state index in [2.05, 4.69) is 15.6 Å². The Morgan fingerprint density at radius 3 is 2.76 bits per heavy atom. The lowest BCUT2D eigenvalue weighted by atomic mass is 9.88. The lowest BCUT2D eigenvalue weighted by molar-refractivity contribution is -0.132. The monoisotopic (exact) mass is 291 g/mol. The van der Waals surface area contributed by atoms with Crippen LogP contribution in [0.1, 0.15) is 25.6 Å². The van der Waals surface area contributed by atoms with Crippen LogP contribution in [0.15, 0.2) is 12.4 Å². The molecule has 2 N–H and O–H groups in total. The van der Waals surface area contributed by atoms with Crippen LogP contribution in [0, 0.1) is 0 Å². The van der Waals surface area contributed by atoms with E-state index in [0.29, 0.717) is 25.9 Å². The van der Waals surface area contributed by atoms with E-state index in [9.17, 15) is 9.59 Å². The third-order valence-electron chi connectivity index (χ3n) is 4.39. The quantitative estimate of drug-likeness (QED) is 0.772. The molecule has 3 rings (SSSR count). The maximum atomic E-state index is 12.6. The minimum atomic E-state index is -0.676. The van der Waals surface area contributed by atoms with Gasteiger partial charge >= 0.3 is 6.03 Å². The van der Waals surface area contributed by atoms with E-state index in [0.717, 1.165) is 25.3 Å². The van der Waals surface area contributed by atoms with Gasteiger partial charge < -0.3 is 15.2 Å². The lowest BCUT2D eigenvalue weighted by Gasteiger charge is -2.31. The van der Waals surface area contributed by atoms with Crippen molar-refractivity contribution in [2.45, 2.75) is 38.3 Å². The number of nitrogens with zero attached hydrogens (tertiary/aromatic N) is 3. The molecule has 3 amide bonds. The molecule has 3 heterocycles. The number of amides is 3. The van der Waals surface area contributed by atoms with Crippen LogP contribution in [-0.2, 0) is 17.8 Å². The van der Waals surface area contributed by atoms with Gasteiger partial charge in [0.05, 0.1) is 0 Å². The first-order chi connectivity index (χ1) is 10.2. The SMILES string of the molecule is CCc1nccn1CCN1C(=O)NC2(CCNCC2)C1=O. The lowest BCUT2D eigenvalue weighted by Crippen LogP contribution is -2.54. The van der Waals surface area contributed by atoms with Crippen molar-refractivity contribution in [1.29, 1.82) is 0 Å². The second-order valence-corrected chi connectivity index (χ2v) is 5.61. The van der Waals surface area contributed by atoms with Gasteiger partial charge in [0.2, 0.25) is 0 Å². The number of hydrogen-bond acceptors (Lipinski definition) is 4. The Morgan fingerprint density at radius 2 is 2.05 bits per heavy atom. The molecule has 1 aromatic rings. The molecule has 0 atom stereocenters. The number of aromatic nitrogens is 2. The predicted octanol–water partition coefficient (Wildman–Crippen LogP) is 0.119. The zero-order valence-corrected chi connectivity index (χ0v) is 12.3. The normalized spacial score (nSPS) is 21.1. The second kappa shape index (κ2) is 5.48. The highest BCUT2D eigenvalue weighted by Gasteiger charge is 2.51. The number of hydrogen-bond donors (Lipinski definition) is 2. The van der Waals surface area contributed by atoms with Crippen molar-refractivity contribution in [3.8, 4) is 0 Å². The summed E-state index contributed by atoms with van der Waals surface area (Å²) in [7, 11) is 0. The summed E-state index contributed by atoms with van der Waals surface area (Å²) >= 11 is 0. The van der Waals surface area contributed by atoms with Gasteiger partial charge in [-0.1, -0.05) is 6.92 Å². The van der Waals surface area contributed by atoms with Crippen molar-refractivity contribution >= 4 is 11.9 Å². The van der Waals surface area contributed by atoms with E-state index < -0.39 is 5.54 Å². The summed E-state index contributed by atoms with van der Waals surface area (Å²) in [5.74, 6) is 0.894. The summed E-state index contributed by atoms with van der Waals surface area (Å²) in [4.78, 5) is 30.3. The first kappa shape index (κ1) is 14.1. The van der Waals surface area contributed by atoms with Crippen LogP contribution in [0.5, 0.6) is 0 Å². The van der Waals surface area contributed by atoms with E-state index in [4.69, 9.17) is 0 Å². The number of carbonyl (C=O) groups excluding carboxylic acids is 2. The minimum Gasteiger partial charge on any atom is -0.333 e. The van der Waals surface area contributed by atoms with Crippen LogP contribution in [0.25, 0.3) is 0 Å². The molecular weight excluding hydrogens is 270 g/mol. The van der Waals surface area contributed by atoms with Crippen molar-refractivity contribution in [3.63, 3.8) is 0 Å². The van der Waals surface area contributed by atoms with Crippen LogP contribution in [0.4, 0.5) is 4.79 Å². The summed E-state index contributed by atoms with van der Waals surface area (Å²) in [6.45, 7) is 4.55. The van der Waals surface area contributed by atoms with Crippen LogP contribution in [-0.4, -0.2) is 51.6 Å². The van der Waals surface area contributed by atoms with Gasteiger partial charge in [0.15, 0.2) is 0 Å². The zero-order chi connectivity index (χ0) is 14.9. The average molecular weight is 291 g/mol. The Balaban J connectivity index is 1.68. The van der Waals surface area contributed by atoms with Gasteiger partial charge in [0.1, 0.15) is 11.4 Å². The molecule has 1 spiro atoms. The number of nitrogens with one attached hydrogen (secondary N) is 2. The zero-order valence-electron chi connectivity index (χ0n) is 12.3. The van der Waals surface area contributed by atoms with Crippen molar-refractivity contribution in [1.82, 2.24) is 25.1 Å². The first-order valence-electron chi connectivity index (χ1n) is 7.51. The Hall–Kier alpha value is -1.89. The third kappa shape index (κ3) is 2.42. The van der Waals surface area contributed by atoms with Gasteiger partial charge in [-0.05, 0) is 25.9 Å². The number of imidazole rings is 1. The molecule has 21 heavy (non-hydrogen) atoms. The van der Waals surface area contributed by atoms with E-state index in [1.165, 1.54) is 4.90 Å². The fourth-order valence-electron chi connectivity index (χ4n) is 3.14. The third-order valence-corrected chi connectivity index (χ3v) is 4.39. The standard InChI is InChI=1S/C14H21N5O2/c1-2-11-16-7-8-18(11)9-10-19-12(20)14(17-13(19)21)3-5-15-6-4-14/h7-8,15H,2-6,9-10H2,1H3,(H,17,21). The smallest absolute Gasteiger partial charge is 0.325 e. The van der Waals surface area contributed by atoms with Gasteiger partial charge in [-0.25, -0.2) is 9.78 Å². The molecule has 2 fully saturated rings. The highest BCUT2D eigenvalue weighted by atomic mass is 16.2. The number of piperidine rings is 1. The molecule has 0 unspecified atom stereocenters. The maximum absolute atomic E-state index is 12.6. The number of carbonyl (C=O) groups is 2. The van der Waals surface area contributed by atoms with Gasteiger partial charge in [-0.15, -0.1) is 0 Å². The molecule has 7 heteroatoms. The number of aryl methyl sites for hydroxylation is 1. The Labute approximate surface area is 123 Å². The Bertz CT molecular complexity index is 547. The van der Waals surface area contributed by atoms with E-state index >= 15 is 0 Å².